The van der Waals surface area contributed by atoms with Gasteiger partial charge in [0.15, 0.2) is 0 Å². The molecule has 0 spiro atoms. The van der Waals surface area contributed by atoms with Crippen LogP contribution in [0.4, 0.5) is 10.1 Å². The van der Waals surface area contributed by atoms with Gasteiger partial charge in [0.25, 0.3) is 0 Å². The Morgan fingerprint density at radius 2 is 1.93 bits per heavy atom. The van der Waals surface area contributed by atoms with Gasteiger partial charge in [-0.2, -0.15) is 0 Å². The first kappa shape index (κ1) is 10.9. The maximum Gasteiger partial charge on any atom is 0.242 e. The van der Waals surface area contributed by atoms with Crippen LogP contribution in [-0.4, -0.2) is 22.5 Å². The maximum atomic E-state index is 12.8. The minimum atomic E-state index is -3.62. The number of rotatable bonds is 3. The molecule has 0 bridgehead atoms. The summed E-state index contributed by atoms with van der Waals surface area (Å²) in [6.45, 7) is 0. The SMILES string of the molecule is CNc1ccc(F)cc1S(=O)(=O)NC. The lowest BCUT2D eigenvalue weighted by Gasteiger charge is -2.08. The molecular formula is C8H11FN2O2S. The Morgan fingerprint density at radius 1 is 1.29 bits per heavy atom. The Labute approximate surface area is 82.2 Å². The van der Waals surface area contributed by atoms with E-state index in [1.54, 1.807) is 7.05 Å². The number of benzene rings is 1. The van der Waals surface area contributed by atoms with Crippen LogP contribution in [0.1, 0.15) is 0 Å². The van der Waals surface area contributed by atoms with Crippen LogP contribution in [0.3, 0.4) is 0 Å². The van der Waals surface area contributed by atoms with Crippen molar-refractivity contribution in [3.63, 3.8) is 0 Å². The van der Waals surface area contributed by atoms with Gasteiger partial charge in [-0.3, -0.25) is 0 Å². The van der Waals surface area contributed by atoms with Crippen molar-refractivity contribution in [2.45, 2.75) is 4.90 Å². The van der Waals surface area contributed by atoms with Crippen molar-refractivity contribution in [2.75, 3.05) is 19.4 Å². The highest BCUT2D eigenvalue weighted by Crippen LogP contribution is 2.21. The molecule has 0 aliphatic carbocycles. The van der Waals surface area contributed by atoms with E-state index in [2.05, 4.69) is 10.0 Å². The van der Waals surface area contributed by atoms with Crippen LogP contribution in [0, 0.1) is 5.82 Å². The summed E-state index contributed by atoms with van der Waals surface area (Å²) in [4.78, 5) is -0.0949. The summed E-state index contributed by atoms with van der Waals surface area (Å²) >= 11 is 0. The van der Waals surface area contributed by atoms with Gasteiger partial charge in [-0.15, -0.1) is 0 Å². The van der Waals surface area contributed by atoms with Gasteiger partial charge in [0, 0.05) is 7.05 Å². The Morgan fingerprint density at radius 3 is 2.43 bits per heavy atom. The largest absolute Gasteiger partial charge is 0.387 e. The molecule has 1 rings (SSSR count). The van der Waals surface area contributed by atoms with E-state index in [4.69, 9.17) is 0 Å². The molecule has 0 atom stereocenters. The quantitative estimate of drug-likeness (QED) is 0.788. The zero-order valence-corrected chi connectivity index (χ0v) is 8.65. The summed E-state index contributed by atoms with van der Waals surface area (Å²) in [7, 11) is -0.767. The van der Waals surface area contributed by atoms with E-state index in [0.717, 1.165) is 6.07 Å². The summed E-state index contributed by atoms with van der Waals surface area (Å²) in [6.07, 6.45) is 0. The normalized spacial score (nSPS) is 11.4. The van der Waals surface area contributed by atoms with Crippen LogP contribution < -0.4 is 10.0 Å². The molecule has 0 aromatic heterocycles. The highest BCUT2D eigenvalue weighted by molar-refractivity contribution is 7.89. The van der Waals surface area contributed by atoms with Crippen molar-refractivity contribution in [3.8, 4) is 0 Å². The predicted octanol–water partition coefficient (Wildman–Crippen LogP) is 0.775. The van der Waals surface area contributed by atoms with E-state index in [1.165, 1.54) is 19.2 Å². The Bertz CT molecular complexity index is 431. The molecule has 0 saturated carbocycles. The molecule has 0 amide bonds. The van der Waals surface area contributed by atoms with Crippen molar-refractivity contribution in [1.82, 2.24) is 4.72 Å². The predicted molar refractivity (Wildman–Crippen MR) is 52.2 cm³/mol. The van der Waals surface area contributed by atoms with Crippen molar-refractivity contribution in [1.29, 1.82) is 0 Å². The molecule has 0 heterocycles. The summed E-state index contributed by atoms with van der Waals surface area (Å²) in [5.74, 6) is -0.585. The molecule has 0 saturated heterocycles. The maximum absolute atomic E-state index is 12.8. The summed E-state index contributed by atoms with van der Waals surface area (Å²) < 4.78 is 37.8. The van der Waals surface area contributed by atoms with Crippen molar-refractivity contribution in [3.05, 3.63) is 24.0 Å². The van der Waals surface area contributed by atoms with Crippen LogP contribution in [-0.2, 0) is 10.0 Å². The van der Waals surface area contributed by atoms with Gasteiger partial charge in [0.05, 0.1) is 5.69 Å². The number of sulfonamides is 1. The number of halogens is 1. The molecule has 0 fully saturated rings. The fourth-order valence-electron chi connectivity index (χ4n) is 1.03. The number of hydrogen-bond acceptors (Lipinski definition) is 3. The molecule has 0 radical (unpaired) electrons. The molecular weight excluding hydrogens is 207 g/mol. The first-order valence-corrected chi connectivity index (χ1v) is 5.40. The lowest BCUT2D eigenvalue weighted by atomic mass is 10.3. The second-order valence-corrected chi connectivity index (χ2v) is 4.45. The first-order valence-electron chi connectivity index (χ1n) is 3.92. The Kier molecular flexibility index (Phi) is 3.07. The van der Waals surface area contributed by atoms with Gasteiger partial charge in [0.2, 0.25) is 10.0 Å². The van der Waals surface area contributed by atoms with Crippen LogP contribution >= 0.6 is 0 Å². The molecule has 1 aromatic carbocycles. The third kappa shape index (κ3) is 2.02. The monoisotopic (exact) mass is 218 g/mol. The molecule has 0 unspecified atom stereocenters. The highest BCUT2D eigenvalue weighted by atomic mass is 32.2. The van der Waals surface area contributed by atoms with E-state index in [1.807, 2.05) is 0 Å². The smallest absolute Gasteiger partial charge is 0.242 e. The van der Waals surface area contributed by atoms with E-state index >= 15 is 0 Å². The highest BCUT2D eigenvalue weighted by Gasteiger charge is 2.16. The standard InChI is InChI=1S/C8H11FN2O2S/c1-10-7-4-3-6(9)5-8(7)14(12,13)11-2/h3-5,10-11H,1-2H3. The van der Waals surface area contributed by atoms with Crippen molar-refractivity contribution in [2.24, 2.45) is 0 Å². The second kappa shape index (κ2) is 3.93. The average molecular weight is 218 g/mol. The van der Waals surface area contributed by atoms with Crippen LogP contribution in [0.15, 0.2) is 23.1 Å². The van der Waals surface area contributed by atoms with Crippen LogP contribution in [0.2, 0.25) is 0 Å². The van der Waals surface area contributed by atoms with Gasteiger partial charge >= 0.3 is 0 Å². The minimum Gasteiger partial charge on any atom is -0.387 e. The van der Waals surface area contributed by atoms with Crippen molar-refractivity contribution >= 4 is 15.7 Å². The van der Waals surface area contributed by atoms with E-state index in [-0.39, 0.29) is 4.90 Å². The van der Waals surface area contributed by atoms with Crippen LogP contribution in [0.25, 0.3) is 0 Å². The summed E-state index contributed by atoms with van der Waals surface area (Å²) in [5, 5.41) is 2.68. The number of nitrogens with one attached hydrogen (secondary N) is 2. The molecule has 2 N–H and O–H groups in total. The molecule has 78 valence electrons. The average Bonchev–Trinajstić information content (AvgIpc) is 2.18. The third-order valence-corrected chi connectivity index (χ3v) is 3.23. The third-order valence-electron chi connectivity index (χ3n) is 1.77. The van der Waals surface area contributed by atoms with Crippen LogP contribution in [0.5, 0.6) is 0 Å². The lowest BCUT2D eigenvalue weighted by Crippen LogP contribution is -2.20. The minimum absolute atomic E-state index is 0.0949. The fraction of sp³-hybridized carbons (Fsp3) is 0.250. The van der Waals surface area contributed by atoms with Gasteiger partial charge in [-0.1, -0.05) is 0 Å². The zero-order valence-electron chi connectivity index (χ0n) is 7.83. The topological polar surface area (TPSA) is 58.2 Å². The zero-order chi connectivity index (χ0) is 10.8. The molecule has 14 heavy (non-hydrogen) atoms. The molecule has 0 aliphatic heterocycles. The first-order chi connectivity index (χ1) is 6.51. The van der Waals surface area contributed by atoms with Gasteiger partial charge < -0.3 is 5.32 Å². The molecule has 0 aliphatic rings. The summed E-state index contributed by atoms with van der Waals surface area (Å²) in [5.41, 5.74) is 0.362. The van der Waals surface area contributed by atoms with Gasteiger partial charge in [0.1, 0.15) is 10.7 Å². The second-order valence-electron chi connectivity index (χ2n) is 2.60. The van der Waals surface area contributed by atoms with E-state index in [0.29, 0.717) is 5.69 Å². The molecule has 6 heteroatoms. The number of anilines is 1. The number of hydrogen-bond donors (Lipinski definition) is 2. The Hall–Kier alpha value is -1.14. The van der Waals surface area contributed by atoms with Gasteiger partial charge in [-0.25, -0.2) is 17.5 Å². The lowest BCUT2D eigenvalue weighted by molar-refractivity contribution is 0.584. The molecule has 4 nitrogen and oxygen atoms in total. The summed E-state index contributed by atoms with van der Waals surface area (Å²) in [6, 6.07) is 3.54. The van der Waals surface area contributed by atoms with Crippen molar-refractivity contribution < 1.29 is 12.8 Å². The fourth-order valence-corrected chi connectivity index (χ4v) is 1.98. The van der Waals surface area contributed by atoms with Gasteiger partial charge in [-0.05, 0) is 25.2 Å². The molecule has 1 aromatic rings. The van der Waals surface area contributed by atoms with E-state index in [9.17, 15) is 12.8 Å². The Balaban J connectivity index is 3.39. The van der Waals surface area contributed by atoms with E-state index < -0.39 is 15.8 Å².